The van der Waals surface area contributed by atoms with Crippen LogP contribution in [0.25, 0.3) is 21.7 Å². The van der Waals surface area contributed by atoms with Gasteiger partial charge in [0.05, 0.1) is 5.56 Å². The summed E-state index contributed by atoms with van der Waals surface area (Å²) >= 11 is 3.05. The van der Waals surface area contributed by atoms with Gasteiger partial charge in [0.15, 0.2) is 0 Å². The van der Waals surface area contributed by atoms with Crippen LogP contribution in [0.2, 0.25) is 0 Å². The van der Waals surface area contributed by atoms with Gasteiger partial charge in [-0.25, -0.2) is 9.97 Å². The molecule has 0 aromatic carbocycles. The maximum atomic E-state index is 5.75. The average molecular weight is 355 g/mol. The first kappa shape index (κ1) is 15.2. The van der Waals surface area contributed by atoms with Gasteiger partial charge < -0.3 is 4.42 Å². The Labute approximate surface area is 146 Å². The fraction of sp³-hybridized carbons (Fsp3) is 0.188. The fourth-order valence-electron chi connectivity index (χ4n) is 2.33. The summed E-state index contributed by atoms with van der Waals surface area (Å²) in [6.45, 7) is 6.08. The van der Waals surface area contributed by atoms with E-state index in [0.29, 0.717) is 11.1 Å². The Balaban J connectivity index is 1.74. The Hall–Kier alpha value is -2.32. The van der Waals surface area contributed by atoms with E-state index in [4.69, 9.17) is 4.42 Å². The summed E-state index contributed by atoms with van der Waals surface area (Å²) in [7, 11) is 0. The van der Waals surface area contributed by atoms with Gasteiger partial charge in [-0.05, 0) is 50.2 Å². The van der Waals surface area contributed by atoms with Crippen LogP contribution in [0.4, 0.5) is 0 Å². The van der Waals surface area contributed by atoms with Crippen LogP contribution >= 0.6 is 23.1 Å². The van der Waals surface area contributed by atoms with Crippen molar-refractivity contribution in [2.75, 3.05) is 0 Å². The van der Waals surface area contributed by atoms with Crippen molar-refractivity contribution < 1.29 is 4.42 Å². The third-order valence-corrected chi connectivity index (χ3v) is 5.54. The van der Waals surface area contributed by atoms with Gasteiger partial charge in [0.1, 0.15) is 15.7 Å². The highest BCUT2D eigenvalue weighted by Crippen LogP contribution is 2.38. The molecular formula is C16H13N5OS2. The molecule has 0 spiro atoms. The summed E-state index contributed by atoms with van der Waals surface area (Å²) in [6.07, 6.45) is 3.40. The average Bonchev–Trinajstić information content (AvgIpc) is 3.13. The van der Waals surface area contributed by atoms with E-state index in [-0.39, 0.29) is 0 Å². The standard InChI is InChI=1S/C16H13N5OS2/c1-8-9(2)23-14-12(8)15(19-10(3)18-14)24-16-21-20-13(22-16)11-5-4-6-17-7-11/h4-7H,1-3H3. The molecule has 0 aliphatic rings. The maximum Gasteiger partial charge on any atom is 0.283 e. The van der Waals surface area contributed by atoms with Crippen LogP contribution in [0.3, 0.4) is 0 Å². The smallest absolute Gasteiger partial charge is 0.283 e. The highest BCUT2D eigenvalue weighted by atomic mass is 32.2. The summed E-state index contributed by atoms with van der Waals surface area (Å²) < 4.78 is 5.75. The summed E-state index contributed by atoms with van der Waals surface area (Å²) in [6, 6.07) is 3.72. The van der Waals surface area contributed by atoms with Gasteiger partial charge >= 0.3 is 0 Å². The first-order valence-corrected chi connectivity index (χ1v) is 8.91. The van der Waals surface area contributed by atoms with E-state index in [2.05, 4.69) is 39.0 Å². The number of nitrogens with zero attached hydrogens (tertiary/aromatic N) is 5. The molecule has 0 fully saturated rings. The van der Waals surface area contributed by atoms with E-state index >= 15 is 0 Å². The highest BCUT2D eigenvalue weighted by molar-refractivity contribution is 7.99. The molecule has 0 saturated heterocycles. The van der Waals surface area contributed by atoms with E-state index in [1.807, 2.05) is 19.1 Å². The molecule has 0 N–H and O–H groups in total. The van der Waals surface area contributed by atoms with Gasteiger partial charge in [-0.15, -0.1) is 21.5 Å². The highest BCUT2D eigenvalue weighted by Gasteiger charge is 2.17. The zero-order valence-electron chi connectivity index (χ0n) is 13.3. The number of thiophene rings is 1. The Bertz CT molecular complexity index is 1030. The van der Waals surface area contributed by atoms with Crippen LogP contribution in [0.15, 0.2) is 39.2 Å². The second kappa shape index (κ2) is 5.95. The third kappa shape index (κ3) is 2.67. The first-order chi connectivity index (χ1) is 11.6. The van der Waals surface area contributed by atoms with Crippen molar-refractivity contribution in [3.8, 4) is 11.5 Å². The lowest BCUT2D eigenvalue weighted by Crippen LogP contribution is -1.91. The molecule has 4 heterocycles. The van der Waals surface area contributed by atoms with Crippen molar-refractivity contribution in [2.45, 2.75) is 31.0 Å². The van der Waals surface area contributed by atoms with Crippen molar-refractivity contribution in [1.82, 2.24) is 25.1 Å². The molecule has 0 aliphatic heterocycles. The number of rotatable bonds is 3. The number of fused-ring (bicyclic) bond motifs is 1. The lowest BCUT2D eigenvalue weighted by atomic mass is 10.2. The van der Waals surface area contributed by atoms with Crippen LogP contribution < -0.4 is 0 Å². The molecule has 24 heavy (non-hydrogen) atoms. The maximum absolute atomic E-state index is 5.75. The first-order valence-electron chi connectivity index (χ1n) is 7.28. The van der Waals surface area contributed by atoms with Crippen molar-refractivity contribution in [3.05, 3.63) is 40.8 Å². The van der Waals surface area contributed by atoms with Crippen molar-refractivity contribution in [2.24, 2.45) is 0 Å². The lowest BCUT2D eigenvalue weighted by molar-refractivity contribution is 0.465. The molecule has 8 heteroatoms. The molecule has 4 aromatic rings. The van der Waals surface area contributed by atoms with Crippen LogP contribution in [0, 0.1) is 20.8 Å². The van der Waals surface area contributed by atoms with E-state index in [9.17, 15) is 0 Å². The Morgan fingerprint density at radius 2 is 2.00 bits per heavy atom. The van der Waals surface area contributed by atoms with E-state index in [1.54, 1.807) is 23.7 Å². The number of hydrogen-bond acceptors (Lipinski definition) is 8. The normalized spacial score (nSPS) is 11.3. The van der Waals surface area contributed by atoms with E-state index in [0.717, 1.165) is 26.6 Å². The topological polar surface area (TPSA) is 77.6 Å². The summed E-state index contributed by atoms with van der Waals surface area (Å²) in [5.74, 6) is 1.18. The minimum atomic E-state index is 0.450. The fourth-order valence-corrected chi connectivity index (χ4v) is 4.36. The Morgan fingerprint density at radius 3 is 2.79 bits per heavy atom. The number of aryl methyl sites for hydroxylation is 3. The number of aromatic nitrogens is 5. The number of pyridine rings is 1. The summed E-state index contributed by atoms with van der Waals surface area (Å²) in [4.78, 5) is 15.4. The van der Waals surface area contributed by atoms with Crippen LogP contribution in [-0.4, -0.2) is 25.1 Å². The van der Waals surface area contributed by atoms with Crippen LogP contribution in [-0.2, 0) is 0 Å². The molecule has 0 saturated carbocycles. The van der Waals surface area contributed by atoms with Gasteiger partial charge in [0.2, 0.25) is 5.89 Å². The van der Waals surface area contributed by atoms with Gasteiger partial charge in [-0.3, -0.25) is 4.98 Å². The van der Waals surface area contributed by atoms with Gasteiger partial charge in [-0.1, -0.05) is 0 Å². The van der Waals surface area contributed by atoms with Gasteiger partial charge in [0.25, 0.3) is 5.22 Å². The van der Waals surface area contributed by atoms with Gasteiger partial charge in [0, 0.05) is 22.7 Å². The second-order valence-corrected chi connectivity index (χ2v) is 7.40. The summed E-state index contributed by atoms with van der Waals surface area (Å²) in [5, 5.41) is 10.6. The largest absolute Gasteiger partial charge is 0.411 e. The lowest BCUT2D eigenvalue weighted by Gasteiger charge is -2.01. The number of hydrogen-bond donors (Lipinski definition) is 0. The molecule has 4 aromatic heterocycles. The van der Waals surface area contributed by atoms with Gasteiger partial charge in [-0.2, -0.15) is 0 Å². The van der Waals surface area contributed by atoms with E-state index < -0.39 is 0 Å². The quantitative estimate of drug-likeness (QED) is 0.509. The predicted molar refractivity (Wildman–Crippen MR) is 93.3 cm³/mol. The zero-order valence-corrected chi connectivity index (χ0v) is 14.9. The predicted octanol–water partition coefficient (Wildman–Crippen LogP) is 4.21. The third-order valence-electron chi connectivity index (χ3n) is 3.61. The monoisotopic (exact) mass is 355 g/mol. The Morgan fingerprint density at radius 1 is 1.12 bits per heavy atom. The van der Waals surface area contributed by atoms with Crippen molar-refractivity contribution in [1.29, 1.82) is 0 Å². The molecular weight excluding hydrogens is 342 g/mol. The SMILES string of the molecule is Cc1nc(Sc2nnc(-c3cccnc3)o2)c2c(C)c(C)sc2n1. The minimum absolute atomic E-state index is 0.450. The Kier molecular flexibility index (Phi) is 3.78. The van der Waals surface area contributed by atoms with Crippen LogP contribution in [0.1, 0.15) is 16.3 Å². The molecule has 0 atom stereocenters. The van der Waals surface area contributed by atoms with Crippen molar-refractivity contribution in [3.63, 3.8) is 0 Å². The molecule has 120 valence electrons. The second-order valence-electron chi connectivity index (χ2n) is 5.26. The molecule has 6 nitrogen and oxygen atoms in total. The molecule has 0 amide bonds. The molecule has 4 rings (SSSR count). The zero-order chi connectivity index (χ0) is 16.7. The summed E-state index contributed by atoms with van der Waals surface area (Å²) in [5.41, 5.74) is 1.99. The van der Waals surface area contributed by atoms with Crippen molar-refractivity contribution >= 4 is 33.3 Å². The van der Waals surface area contributed by atoms with Crippen LogP contribution in [0.5, 0.6) is 0 Å². The minimum Gasteiger partial charge on any atom is -0.411 e. The molecule has 0 aliphatic carbocycles. The molecule has 0 unspecified atom stereocenters. The molecule has 0 bridgehead atoms. The van der Waals surface area contributed by atoms with E-state index in [1.165, 1.54) is 22.2 Å². The molecule has 0 radical (unpaired) electrons.